The van der Waals surface area contributed by atoms with Crippen LogP contribution in [0.25, 0.3) is 0 Å². The van der Waals surface area contributed by atoms with Crippen molar-refractivity contribution in [1.29, 1.82) is 0 Å². The van der Waals surface area contributed by atoms with E-state index in [0.717, 1.165) is 44.2 Å². The Labute approximate surface area is 130 Å². The number of piperidine rings is 1. The molecule has 1 aromatic carbocycles. The molecule has 2 fully saturated rings. The predicted molar refractivity (Wildman–Crippen MR) is 84.1 cm³/mol. The largest absolute Gasteiger partial charge is 0.393 e. The van der Waals surface area contributed by atoms with E-state index in [9.17, 15) is 9.90 Å². The van der Waals surface area contributed by atoms with Crippen LogP contribution in [-0.2, 0) is 6.42 Å². The predicted octanol–water partition coefficient (Wildman–Crippen LogP) is 2.20. The number of carbonyl (C=O) groups excluding carboxylic acids is 1. The fourth-order valence-electron chi connectivity index (χ4n) is 4.07. The summed E-state index contributed by atoms with van der Waals surface area (Å²) < 4.78 is 0. The highest BCUT2D eigenvalue weighted by Crippen LogP contribution is 2.37. The zero-order valence-corrected chi connectivity index (χ0v) is 12.7. The Bertz CT molecular complexity index is 549. The molecular weight excluding hydrogens is 288 g/mol. The number of fused-ring (bicyclic) bond motifs is 3. The molecule has 114 valence electrons. The zero-order valence-electron chi connectivity index (χ0n) is 11.9. The Morgan fingerprint density at radius 3 is 2.67 bits per heavy atom. The lowest BCUT2D eigenvalue weighted by molar-refractivity contribution is 0.0287. The third-order valence-corrected chi connectivity index (χ3v) is 5.00. The van der Waals surface area contributed by atoms with Gasteiger partial charge in [-0.1, -0.05) is 0 Å². The van der Waals surface area contributed by atoms with Crippen molar-refractivity contribution in [3.8, 4) is 0 Å². The molecule has 3 heterocycles. The van der Waals surface area contributed by atoms with E-state index in [1.807, 2.05) is 23.1 Å². The smallest absolute Gasteiger partial charge is 0.254 e. The summed E-state index contributed by atoms with van der Waals surface area (Å²) in [5, 5.41) is 13.2. The topological polar surface area (TPSA) is 52.6 Å². The van der Waals surface area contributed by atoms with Gasteiger partial charge in [0.15, 0.2) is 0 Å². The van der Waals surface area contributed by atoms with Gasteiger partial charge in [0, 0.05) is 29.9 Å². The van der Waals surface area contributed by atoms with Gasteiger partial charge in [-0.25, -0.2) is 0 Å². The molecule has 2 bridgehead atoms. The lowest BCUT2D eigenvalue weighted by Gasteiger charge is -2.37. The second-order valence-electron chi connectivity index (χ2n) is 6.27. The van der Waals surface area contributed by atoms with Crippen LogP contribution in [0.5, 0.6) is 0 Å². The van der Waals surface area contributed by atoms with Crippen molar-refractivity contribution in [2.75, 3.05) is 11.9 Å². The van der Waals surface area contributed by atoms with Crippen molar-refractivity contribution in [3.05, 3.63) is 29.3 Å². The Morgan fingerprint density at radius 2 is 1.95 bits per heavy atom. The maximum absolute atomic E-state index is 12.8. The summed E-state index contributed by atoms with van der Waals surface area (Å²) in [6.45, 7) is 0.966. The summed E-state index contributed by atoms with van der Waals surface area (Å²) in [5.41, 5.74) is 3.22. The van der Waals surface area contributed by atoms with Gasteiger partial charge < -0.3 is 15.3 Å². The Morgan fingerprint density at radius 1 is 1.24 bits per heavy atom. The van der Waals surface area contributed by atoms with E-state index >= 15 is 0 Å². The van der Waals surface area contributed by atoms with Crippen LogP contribution in [0, 0.1) is 0 Å². The summed E-state index contributed by atoms with van der Waals surface area (Å²) in [4.78, 5) is 14.8. The number of nitrogens with zero attached hydrogens (tertiary/aromatic N) is 1. The number of aliphatic hydroxyl groups excluding tert-OH is 1. The normalized spacial score (nSPS) is 29.6. The first kappa shape index (κ1) is 14.7. The van der Waals surface area contributed by atoms with Gasteiger partial charge in [0.1, 0.15) is 0 Å². The van der Waals surface area contributed by atoms with E-state index in [1.165, 1.54) is 11.3 Å². The van der Waals surface area contributed by atoms with Crippen LogP contribution >= 0.6 is 12.4 Å². The number of hydrogen-bond acceptors (Lipinski definition) is 3. The number of benzene rings is 1. The minimum atomic E-state index is -0.222. The third-order valence-electron chi connectivity index (χ3n) is 5.00. The molecular formula is C16H21ClN2O2. The molecule has 2 N–H and O–H groups in total. The molecule has 3 aliphatic heterocycles. The van der Waals surface area contributed by atoms with E-state index in [0.29, 0.717) is 0 Å². The van der Waals surface area contributed by atoms with E-state index in [-0.39, 0.29) is 36.5 Å². The monoisotopic (exact) mass is 308 g/mol. The summed E-state index contributed by atoms with van der Waals surface area (Å²) in [6.07, 6.45) is 4.35. The van der Waals surface area contributed by atoms with E-state index in [2.05, 4.69) is 5.32 Å². The quantitative estimate of drug-likeness (QED) is 0.836. The van der Waals surface area contributed by atoms with Crippen LogP contribution in [0.3, 0.4) is 0 Å². The molecule has 5 heteroatoms. The molecule has 0 aliphatic carbocycles. The molecule has 3 aliphatic rings. The fourth-order valence-corrected chi connectivity index (χ4v) is 4.07. The van der Waals surface area contributed by atoms with Crippen molar-refractivity contribution < 1.29 is 9.90 Å². The van der Waals surface area contributed by atoms with Crippen LogP contribution < -0.4 is 5.32 Å². The summed E-state index contributed by atoms with van der Waals surface area (Å²) in [6, 6.07) is 6.48. The number of nitrogens with one attached hydrogen (secondary N) is 1. The third kappa shape index (κ3) is 2.40. The number of carbonyl (C=O) groups is 1. The Hall–Kier alpha value is -1.26. The first-order chi connectivity index (χ1) is 9.72. The molecule has 0 spiro atoms. The molecule has 1 aromatic rings. The average Bonchev–Trinajstić information content (AvgIpc) is 3.00. The van der Waals surface area contributed by atoms with Crippen LogP contribution in [0.1, 0.15) is 41.6 Å². The molecule has 4 nitrogen and oxygen atoms in total. The van der Waals surface area contributed by atoms with Crippen molar-refractivity contribution in [2.24, 2.45) is 0 Å². The molecule has 0 aromatic heterocycles. The highest BCUT2D eigenvalue weighted by atomic mass is 35.5. The summed E-state index contributed by atoms with van der Waals surface area (Å²) in [7, 11) is 0. The van der Waals surface area contributed by atoms with Crippen LogP contribution in [0.4, 0.5) is 5.69 Å². The molecule has 1 amide bonds. The second-order valence-corrected chi connectivity index (χ2v) is 6.27. The summed E-state index contributed by atoms with van der Waals surface area (Å²) in [5.74, 6) is 0.152. The van der Waals surface area contributed by atoms with Crippen molar-refractivity contribution in [2.45, 2.75) is 50.3 Å². The molecule has 21 heavy (non-hydrogen) atoms. The summed E-state index contributed by atoms with van der Waals surface area (Å²) >= 11 is 0. The standard InChI is InChI=1S/C16H20N2O2.ClH/c19-14-8-12-2-3-13(9-14)18(12)16(20)11-1-4-15-10(7-11)5-6-17-15;/h1,4,7,12-14,17,19H,2-3,5-6,8-9H2;1H. The van der Waals surface area contributed by atoms with Crippen molar-refractivity contribution in [1.82, 2.24) is 4.90 Å². The minimum Gasteiger partial charge on any atom is -0.393 e. The van der Waals surface area contributed by atoms with Gasteiger partial charge in [-0.3, -0.25) is 4.79 Å². The lowest BCUT2D eigenvalue weighted by atomic mass is 9.98. The number of rotatable bonds is 1. The van der Waals surface area contributed by atoms with E-state index < -0.39 is 0 Å². The van der Waals surface area contributed by atoms with E-state index in [4.69, 9.17) is 0 Å². The molecule has 0 radical (unpaired) electrons. The van der Waals surface area contributed by atoms with Crippen molar-refractivity contribution in [3.63, 3.8) is 0 Å². The lowest BCUT2D eigenvalue weighted by Crippen LogP contribution is -2.48. The maximum atomic E-state index is 12.8. The number of aliphatic hydroxyl groups is 1. The Balaban J connectivity index is 0.00000132. The van der Waals surface area contributed by atoms with Gasteiger partial charge in [0.25, 0.3) is 5.91 Å². The number of hydrogen-bond donors (Lipinski definition) is 2. The highest BCUT2D eigenvalue weighted by molar-refractivity contribution is 5.95. The molecule has 2 atom stereocenters. The van der Waals surface area contributed by atoms with Gasteiger partial charge in [-0.2, -0.15) is 0 Å². The first-order valence-corrected chi connectivity index (χ1v) is 7.60. The maximum Gasteiger partial charge on any atom is 0.254 e. The second kappa shape index (κ2) is 5.50. The van der Waals surface area contributed by atoms with Gasteiger partial charge >= 0.3 is 0 Å². The van der Waals surface area contributed by atoms with Gasteiger partial charge in [-0.05, 0) is 55.9 Å². The van der Waals surface area contributed by atoms with E-state index in [1.54, 1.807) is 0 Å². The van der Waals surface area contributed by atoms with Gasteiger partial charge in [-0.15, -0.1) is 12.4 Å². The minimum absolute atomic E-state index is 0. The van der Waals surface area contributed by atoms with Crippen LogP contribution in [0.15, 0.2) is 18.2 Å². The number of halogens is 1. The fraction of sp³-hybridized carbons (Fsp3) is 0.562. The van der Waals surface area contributed by atoms with Crippen LogP contribution in [-0.4, -0.2) is 40.6 Å². The molecule has 2 saturated heterocycles. The molecule has 0 saturated carbocycles. The van der Waals surface area contributed by atoms with Crippen LogP contribution in [0.2, 0.25) is 0 Å². The average molecular weight is 309 g/mol. The molecule has 4 rings (SSSR count). The number of anilines is 1. The Kier molecular flexibility index (Phi) is 3.84. The zero-order chi connectivity index (χ0) is 13.7. The number of amides is 1. The highest BCUT2D eigenvalue weighted by Gasteiger charge is 2.42. The van der Waals surface area contributed by atoms with Crippen molar-refractivity contribution >= 4 is 24.0 Å². The first-order valence-electron chi connectivity index (χ1n) is 7.60. The molecule has 2 unspecified atom stereocenters. The SMILES string of the molecule is Cl.O=C(c1ccc2c(c1)CCN2)N1C2CCC1CC(O)C2. The van der Waals surface area contributed by atoms with Gasteiger partial charge in [0.05, 0.1) is 6.10 Å². The van der Waals surface area contributed by atoms with Gasteiger partial charge in [0.2, 0.25) is 0 Å².